The summed E-state index contributed by atoms with van der Waals surface area (Å²) in [5.41, 5.74) is 1.12. The number of nitrogens with one attached hydrogen (secondary N) is 1. The number of hydrogen-bond donors (Lipinski definition) is 1. The zero-order valence-corrected chi connectivity index (χ0v) is 13.6. The van der Waals surface area contributed by atoms with Crippen LogP contribution in [0.1, 0.15) is 26.7 Å². The van der Waals surface area contributed by atoms with E-state index >= 15 is 0 Å². The highest BCUT2D eigenvalue weighted by Crippen LogP contribution is 2.35. The number of halogens is 2. The summed E-state index contributed by atoms with van der Waals surface area (Å²) in [6, 6.07) is 5.73. The quantitative estimate of drug-likeness (QED) is 0.815. The highest BCUT2D eigenvalue weighted by Gasteiger charge is 2.32. The maximum atomic E-state index is 5.93. The van der Waals surface area contributed by atoms with E-state index in [1.54, 1.807) is 11.8 Å². The Hall–Kier alpha value is -0.190. The molecule has 18 heavy (non-hydrogen) atoms. The first-order valence-electron chi connectivity index (χ1n) is 6.03. The third kappa shape index (κ3) is 3.03. The Kier molecular flexibility index (Phi) is 4.62. The van der Waals surface area contributed by atoms with Crippen molar-refractivity contribution in [1.29, 1.82) is 0 Å². The third-order valence-electron chi connectivity index (χ3n) is 3.31. The molecule has 1 aromatic rings. The smallest absolute Gasteiger partial charge is 0.161 e. The van der Waals surface area contributed by atoms with Crippen LogP contribution >= 0.6 is 39.3 Å². The van der Waals surface area contributed by atoms with Crippen LogP contribution in [-0.2, 0) is 0 Å². The standard InChI is InChI=1S/C13H16BrClN2S/c1-3-13(4-2)8-18-12(17-13)16-11-6-5-9(15)7-10(11)14/h5-7H,3-4,8H2,1-2H3,(H,16,17). The van der Waals surface area contributed by atoms with E-state index < -0.39 is 0 Å². The summed E-state index contributed by atoms with van der Waals surface area (Å²) in [6.07, 6.45) is 2.17. The molecule has 0 bridgehead atoms. The van der Waals surface area contributed by atoms with Crippen molar-refractivity contribution in [2.75, 3.05) is 11.1 Å². The molecule has 1 aromatic carbocycles. The van der Waals surface area contributed by atoms with Crippen molar-refractivity contribution in [3.63, 3.8) is 0 Å². The summed E-state index contributed by atoms with van der Waals surface area (Å²) in [5, 5.41) is 5.10. The minimum Gasteiger partial charge on any atom is -0.334 e. The Morgan fingerprint density at radius 2 is 2.17 bits per heavy atom. The fourth-order valence-corrected chi connectivity index (χ4v) is 3.97. The lowest BCUT2D eigenvalue weighted by molar-refractivity contribution is 0.456. The summed E-state index contributed by atoms with van der Waals surface area (Å²) in [6.45, 7) is 4.41. The molecule has 0 saturated carbocycles. The monoisotopic (exact) mass is 346 g/mol. The number of rotatable bonds is 3. The largest absolute Gasteiger partial charge is 0.334 e. The van der Waals surface area contributed by atoms with Crippen LogP contribution in [0.3, 0.4) is 0 Å². The van der Waals surface area contributed by atoms with Gasteiger partial charge in [-0.3, -0.25) is 4.99 Å². The maximum Gasteiger partial charge on any atom is 0.161 e. The molecule has 0 aromatic heterocycles. The molecule has 98 valence electrons. The molecule has 0 unspecified atom stereocenters. The molecule has 1 heterocycles. The molecule has 0 radical (unpaired) electrons. The van der Waals surface area contributed by atoms with Crippen LogP contribution in [0.4, 0.5) is 5.69 Å². The molecule has 0 aliphatic carbocycles. The second-order valence-corrected chi connectivity index (χ2v) is 6.64. The van der Waals surface area contributed by atoms with Crippen molar-refractivity contribution in [3.05, 3.63) is 27.7 Å². The lowest BCUT2D eigenvalue weighted by atomic mass is 9.97. The highest BCUT2D eigenvalue weighted by atomic mass is 79.9. The molecular weight excluding hydrogens is 332 g/mol. The fourth-order valence-electron chi connectivity index (χ4n) is 1.86. The van der Waals surface area contributed by atoms with Gasteiger partial charge < -0.3 is 5.32 Å². The molecule has 1 aliphatic heterocycles. The first-order chi connectivity index (χ1) is 8.58. The van der Waals surface area contributed by atoms with E-state index in [1.165, 1.54) is 0 Å². The number of aliphatic imine (C=N–C) groups is 1. The Morgan fingerprint density at radius 3 is 2.72 bits per heavy atom. The summed E-state index contributed by atoms with van der Waals surface area (Å²) in [5.74, 6) is 1.06. The zero-order chi connectivity index (χ0) is 13.2. The van der Waals surface area contributed by atoms with Gasteiger partial charge in [0.15, 0.2) is 5.17 Å². The molecule has 0 saturated heterocycles. The molecule has 0 atom stereocenters. The van der Waals surface area contributed by atoms with E-state index in [1.807, 2.05) is 18.2 Å². The molecule has 1 aliphatic rings. The van der Waals surface area contributed by atoms with Gasteiger partial charge in [-0.25, -0.2) is 0 Å². The van der Waals surface area contributed by atoms with Gasteiger partial charge in [-0.2, -0.15) is 0 Å². The van der Waals surface area contributed by atoms with Crippen LogP contribution in [0.25, 0.3) is 0 Å². The number of benzene rings is 1. The molecule has 1 N–H and O–H groups in total. The van der Waals surface area contributed by atoms with Gasteiger partial charge in [-0.15, -0.1) is 0 Å². The van der Waals surface area contributed by atoms with Gasteiger partial charge in [0, 0.05) is 15.2 Å². The summed E-state index contributed by atoms with van der Waals surface area (Å²) in [4.78, 5) is 4.83. The lowest BCUT2D eigenvalue weighted by Crippen LogP contribution is -2.24. The van der Waals surface area contributed by atoms with E-state index in [4.69, 9.17) is 16.6 Å². The first-order valence-corrected chi connectivity index (χ1v) is 8.19. The number of hydrogen-bond acceptors (Lipinski definition) is 3. The lowest BCUT2D eigenvalue weighted by Gasteiger charge is -2.20. The first kappa shape index (κ1) is 14.2. The summed E-state index contributed by atoms with van der Waals surface area (Å²) >= 11 is 11.2. The van der Waals surface area contributed by atoms with Crippen LogP contribution in [0, 0.1) is 0 Å². The van der Waals surface area contributed by atoms with E-state index in [9.17, 15) is 0 Å². The molecule has 5 heteroatoms. The van der Waals surface area contributed by atoms with E-state index in [0.29, 0.717) is 0 Å². The van der Waals surface area contributed by atoms with Gasteiger partial charge >= 0.3 is 0 Å². The van der Waals surface area contributed by atoms with Gasteiger partial charge in [-0.1, -0.05) is 37.2 Å². The van der Waals surface area contributed by atoms with Crippen LogP contribution < -0.4 is 5.32 Å². The van der Waals surface area contributed by atoms with Gasteiger partial charge in [-0.05, 0) is 47.0 Å². The number of nitrogens with zero attached hydrogens (tertiary/aromatic N) is 1. The minimum atomic E-state index is 0.117. The highest BCUT2D eigenvalue weighted by molar-refractivity contribution is 9.10. The fraction of sp³-hybridized carbons (Fsp3) is 0.462. The van der Waals surface area contributed by atoms with Crippen molar-refractivity contribution < 1.29 is 0 Å². The average molecular weight is 348 g/mol. The normalized spacial score (nSPS) is 17.7. The topological polar surface area (TPSA) is 24.4 Å². The van der Waals surface area contributed by atoms with Crippen molar-refractivity contribution in [3.8, 4) is 0 Å². The van der Waals surface area contributed by atoms with Crippen LogP contribution in [0.15, 0.2) is 27.7 Å². The number of anilines is 1. The SMILES string of the molecule is CCC1(CC)CSC(Nc2ccc(Cl)cc2Br)=N1. The van der Waals surface area contributed by atoms with Gasteiger partial charge in [0.25, 0.3) is 0 Å². The maximum absolute atomic E-state index is 5.93. The van der Waals surface area contributed by atoms with Gasteiger partial charge in [0.2, 0.25) is 0 Å². The van der Waals surface area contributed by atoms with Crippen LogP contribution in [-0.4, -0.2) is 16.5 Å². The molecule has 0 spiro atoms. The predicted octanol–water partition coefficient (Wildman–Crippen LogP) is 5.18. The van der Waals surface area contributed by atoms with Crippen molar-refractivity contribution >= 4 is 50.1 Å². The second kappa shape index (κ2) is 5.85. The number of thioether (sulfide) groups is 1. The Morgan fingerprint density at radius 1 is 1.44 bits per heavy atom. The van der Waals surface area contributed by atoms with Crippen molar-refractivity contribution in [1.82, 2.24) is 0 Å². The Bertz CT molecular complexity index is 472. The van der Waals surface area contributed by atoms with Crippen LogP contribution in [0.2, 0.25) is 5.02 Å². The van der Waals surface area contributed by atoms with Gasteiger partial charge in [0.05, 0.1) is 11.2 Å². The van der Waals surface area contributed by atoms with Gasteiger partial charge in [0.1, 0.15) is 0 Å². The van der Waals surface area contributed by atoms with Crippen molar-refractivity contribution in [2.24, 2.45) is 4.99 Å². The third-order valence-corrected chi connectivity index (χ3v) is 5.34. The second-order valence-electron chi connectivity index (χ2n) is 4.39. The summed E-state index contributed by atoms with van der Waals surface area (Å²) < 4.78 is 0.962. The molecule has 0 amide bonds. The Balaban J connectivity index is 2.15. The Labute approximate surface area is 126 Å². The molecule has 0 fully saturated rings. The van der Waals surface area contributed by atoms with E-state index in [-0.39, 0.29) is 5.54 Å². The molecule has 2 nitrogen and oxygen atoms in total. The molecule has 2 rings (SSSR count). The average Bonchev–Trinajstić information content (AvgIpc) is 2.77. The minimum absolute atomic E-state index is 0.117. The summed E-state index contributed by atoms with van der Waals surface area (Å²) in [7, 11) is 0. The van der Waals surface area contributed by atoms with Crippen molar-refractivity contribution in [2.45, 2.75) is 32.2 Å². The number of amidine groups is 1. The van der Waals surface area contributed by atoms with Crippen LogP contribution in [0.5, 0.6) is 0 Å². The van der Waals surface area contributed by atoms with E-state index in [2.05, 4.69) is 35.1 Å². The predicted molar refractivity (Wildman–Crippen MR) is 86.0 cm³/mol. The zero-order valence-electron chi connectivity index (χ0n) is 10.5. The molecular formula is C13H16BrClN2S. The van der Waals surface area contributed by atoms with E-state index in [0.717, 1.165) is 38.9 Å².